The number of piperazine rings is 1. The van der Waals surface area contributed by atoms with Crippen LogP contribution in [0.4, 0.5) is 16.0 Å². The molecule has 0 saturated carbocycles. The Kier molecular flexibility index (Phi) is 5.10. The Morgan fingerprint density at radius 2 is 1.85 bits per heavy atom. The summed E-state index contributed by atoms with van der Waals surface area (Å²) in [5, 5.41) is 9.21. The maximum atomic E-state index is 13.8. The highest BCUT2D eigenvalue weighted by Gasteiger charge is 2.22. The van der Waals surface area contributed by atoms with Gasteiger partial charge in [0, 0.05) is 55.6 Å². The number of aromatic nitrogens is 2. The number of sulfone groups is 1. The molecule has 26 heavy (non-hydrogen) atoms. The van der Waals surface area contributed by atoms with Crippen LogP contribution in [0.2, 0.25) is 0 Å². The van der Waals surface area contributed by atoms with Gasteiger partial charge in [0.15, 0.2) is 9.84 Å². The van der Waals surface area contributed by atoms with Crippen LogP contribution in [0.3, 0.4) is 0 Å². The van der Waals surface area contributed by atoms with E-state index < -0.39 is 15.7 Å². The summed E-state index contributed by atoms with van der Waals surface area (Å²) in [6.45, 7) is 4.33. The van der Waals surface area contributed by atoms with Gasteiger partial charge in [-0.3, -0.25) is 0 Å². The number of nitrogens with zero attached hydrogens (tertiary/aromatic N) is 4. The molecular formula is C17H21FN4O3S. The van der Waals surface area contributed by atoms with Crippen LogP contribution in [-0.4, -0.2) is 55.9 Å². The molecule has 1 N–H and O–H groups in total. The van der Waals surface area contributed by atoms with Crippen molar-refractivity contribution in [1.29, 1.82) is 0 Å². The van der Waals surface area contributed by atoms with Gasteiger partial charge < -0.3 is 14.9 Å². The lowest BCUT2D eigenvalue weighted by atomic mass is 10.2. The molecule has 0 bridgehead atoms. The Hall–Kier alpha value is -2.26. The average molecular weight is 380 g/mol. The number of rotatable bonds is 4. The zero-order chi connectivity index (χ0) is 18.9. The minimum absolute atomic E-state index is 0.0902. The van der Waals surface area contributed by atoms with Crippen LogP contribution in [0, 0.1) is 12.7 Å². The predicted molar refractivity (Wildman–Crippen MR) is 96.6 cm³/mol. The molecule has 1 aliphatic heterocycles. The molecule has 1 saturated heterocycles. The van der Waals surface area contributed by atoms with Gasteiger partial charge in [-0.1, -0.05) is 0 Å². The zero-order valence-electron chi connectivity index (χ0n) is 14.7. The van der Waals surface area contributed by atoms with Crippen LogP contribution in [0.1, 0.15) is 11.3 Å². The minimum atomic E-state index is -3.61. The lowest BCUT2D eigenvalue weighted by molar-refractivity contribution is 0.280. The summed E-state index contributed by atoms with van der Waals surface area (Å²) >= 11 is 0. The molecule has 0 amide bonds. The van der Waals surface area contributed by atoms with Gasteiger partial charge in [-0.05, 0) is 25.1 Å². The lowest BCUT2D eigenvalue weighted by Crippen LogP contribution is -2.47. The molecule has 0 radical (unpaired) electrons. The van der Waals surface area contributed by atoms with E-state index in [0.29, 0.717) is 43.4 Å². The molecule has 0 spiro atoms. The molecule has 1 aromatic carbocycles. The predicted octanol–water partition coefficient (Wildman–Crippen LogP) is 1.15. The van der Waals surface area contributed by atoms with E-state index >= 15 is 0 Å². The molecule has 9 heteroatoms. The fourth-order valence-corrected chi connectivity index (χ4v) is 3.68. The van der Waals surface area contributed by atoms with Crippen molar-refractivity contribution in [2.24, 2.45) is 0 Å². The summed E-state index contributed by atoms with van der Waals surface area (Å²) in [5.41, 5.74) is 2.13. The van der Waals surface area contributed by atoms with Crippen molar-refractivity contribution in [3.8, 4) is 0 Å². The Bertz CT molecular complexity index is 912. The third kappa shape index (κ3) is 3.78. The number of aliphatic hydroxyl groups is 1. The van der Waals surface area contributed by atoms with Crippen LogP contribution in [0.15, 0.2) is 29.3 Å². The number of benzene rings is 1. The van der Waals surface area contributed by atoms with Crippen molar-refractivity contribution in [3.63, 3.8) is 0 Å². The molecule has 0 unspecified atom stereocenters. The van der Waals surface area contributed by atoms with Gasteiger partial charge in [0.05, 0.1) is 6.61 Å². The van der Waals surface area contributed by atoms with Crippen LogP contribution in [-0.2, 0) is 16.4 Å². The number of aliphatic hydroxyl groups excluding tert-OH is 1. The maximum Gasteiger partial charge on any atom is 0.225 e. The first-order valence-electron chi connectivity index (χ1n) is 8.22. The Labute approximate surface area is 152 Å². The third-order valence-electron chi connectivity index (χ3n) is 4.48. The second kappa shape index (κ2) is 7.16. The Balaban J connectivity index is 1.74. The standard InChI is InChI=1S/C17H21FN4O3S/c1-12-13(11-23)10-19-17(20-12)22-7-5-21(6-8-22)14-3-4-15(18)16(9-14)26(2,24)25/h3-4,9-10,23H,5-8,11H2,1-2H3. The second-order valence-corrected chi connectivity index (χ2v) is 8.28. The lowest BCUT2D eigenvalue weighted by Gasteiger charge is -2.36. The molecule has 0 atom stereocenters. The minimum Gasteiger partial charge on any atom is -0.392 e. The second-order valence-electron chi connectivity index (χ2n) is 6.30. The molecule has 1 aromatic heterocycles. The quantitative estimate of drug-likeness (QED) is 0.851. The molecular weight excluding hydrogens is 359 g/mol. The van der Waals surface area contributed by atoms with Crippen molar-refractivity contribution in [2.45, 2.75) is 18.4 Å². The molecule has 3 rings (SSSR count). The SMILES string of the molecule is Cc1nc(N2CCN(c3ccc(F)c(S(C)(=O)=O)c3)CC2)ncc1CO. The summed E-state index contributed by atoms with van der Waals surface area (Å²) in [6, 6.07) is 4.17. The van der Waals surface area contributed by atoms with Crippen molar-refractivity contribution < 1.29 is 17.9 Å². The van der Waals surface area contributed by atoms with E-state index in [1.165, 1.54) is 12.1 Å². The summed E-state index contributed by atoms with van der Waals surface area (Å²) < 4.78 is 37.2. The highest BCUT2D eigenvalue weighted by molar-refractivity contribution is 7.90. The average Bonchev–Trinajstić information content (AvgIpc) is 2.61. The fraction of sp³-hybridized carbons (Fsp3) is 0.412. The third-order valence-corrected chi connectivity index (χ3v) is 5.59. The molecule has 2 heterocycles. The highest BCUT2D eigenvalue weighted by Crippen LogP contribution is 2.24. The maximum absolute atomic E-state index is 13.8. The van der Waals surface area contributed by atoms with E-state index in [2.05, 4.69) is 9.97 Å². The van der Waals surface area contributed by atoms with E-state index in [0.717, 1.165) is 11.9 Å². The molecule has 7 nitrogen and oxygen atoms in total. The first-order valence-corrected chi connectivity index (χ1v) is 10.1. The van der Waals surface area contributed by atoms with E-state index in [1.54, 1.807) is 12.3 Å². The van der Waals surface area contributed by atoms with Crippen molar-refractivity contribution in [3.05, 3.63) is 41.5 Å². The number of hydrogen-bond acceptors (Lipinski definition) is 7. The smallest absolute Gasteiger partial charge is 0.225 e. The Morgan fingerprint density at radius 3 is 2.42 bits per heavy atom. The number of anilines is 2. The van der Waals surface area contributed by atoms with Crippen LogP contribution < -0.4 is 9.80 Å². The van der Waals surface area contributed by atoms with Gasteiger partial charge in [0.25, 0.3) is 0 Å². The van der Waals surface area contributed by atoms with Gasteiger partial charge in [-0.2, -0.15) is 0 Å². The van der Waals surface area contributed by atoms with Crippen molar-refractivity contribution >= 4 is 21.5 Å². The zero-order valence-corrected chi connectivity index (χ0v) is 15.5. The number of hydrogen-bond donors (Lipinski definition) is 1. The highest BCUT2D eigenvalue weighted by atomic mass is 32.2. The summed E-state index contributed by atoms with van der Waals surface area (Å²) in [7, 11) is -3.61. The first kappa shape index (κ1) is 18.5. The van der Waals surface area contributed by atoms with Crippen LogP contribution in [0.5, 0.6) is 0 Å². The fourth-order valence-electron chi connectivity index (χ4n) is 2.92. The summed E-state index contributed by atoms with van der Waals surface area (Å²) in [4.78, 5) is 12.5. The first-order chi connectivity index (χ1) is 12.3. The summed E-state index contributed by atoms with van der Waals surface area (Å²) in [5.74, 6) is -0.127. The van der Waals surface area contributed by atoms with Gasteiger partial charge in [-0.15, -0.1) is 0 Å². The number of halogens is 1. The van der Waals surface area contributed by atoms with Crippen molar-refractivity contribution in [1.82, 2.24) is 9.97 Å². The van der Waals surface area contributed by atoms with E-state index in [-0.39, 0.29) is 11.5 Å². The molecule has 1 aliphatic rings. The van der Waals surface area contributed by atoms with E-state index in [9.17, 15) is 17.9 Å². The van der Waals surface area contributed by atoms with E-state index in [4.69, 9.17) is 0 Å². The van der Waals surface area contributed by atoms with Crippen LogP contribution in [0.25, 0.3) is 0 Å². The molecule has 140 valence electrons. The summed E-state index contributed by atoms with van der Waals surface area (Å²) in [6.07, 6.45) is 2.63. The van der Waals surface area contributed by atoms with Crippen molar-refractivity contribution in [2.75, 3.05) is 42.2 Å². The number of aryl methyl sites for hydroxylation is 1. The molecule has 2 aromatic rings. The van der Waals surface area contributed by atoms with Crippen LogP contribution >= 0.6 is 0 Å². The largest absolute Gasteiger partial charge is 0.392 e. The van der Waals surface area contributed by atoms with Gasteiger partial charge in [0.1, 0.15) is 10.7 Å². The normalized spacial score (nSPS) is 15.4. The monoisotopic (exact) mass is 380 g/mol. The van der Waals surface area contributed by atoms with Gasteiger partial charge in [-0.25, -0.2) is 22.8 Å². The van der Waals surface area contributed by atoms with Gasteiger partial charge in [0.2, 0.25) is 5.95 Å². The molecule has 0 aliphatic carbocycles. The molecule has 1 fully saturated rings. The Morgan fingerprint density at radius 1 is 1.19 bits per heavy atom. The topological polar surface area (TPSA) is 86.6 Å². The van der Waals surface area contributed by atoms with E-state index in [1.807, 2.05) is 16.7 Å². The van der Waals surface area contributed by atoms with Gasteiger partial charge >= 0.3 is 0 Å².